The lowest BCUT2D eigenvalue weighted by Gasteiger charge is -2.11. The predicted molar refractivity (Wildman–Crippen MR) is 124 cm³/mol. The van der Waals surface area contributed by atoms with E-state index >= 15 is 0 Å². The highest BCUT2D eigenvalue weighted by atomic mass is 35.5. The molecule has 1 aliphatic heterocycles. The van der Waals surface area contributed by atoms with E-state index in [1.807, 2.05) is 0 Å². The van der Waals surface area contributed by atoms with Crippen molar-refractivity contribution < 1.29 is 14.3 Å². The molecule has 172 valence electrons. The van der Waals surface area contributed by atoms with E-state index < -0.39 is 23.7 Å². The zero-order valence-electron chi connectivity index (χ0n) is 17.9. The van der Waals surface area contributed by atoms with Crippen molar-refractivity contribution in [3.8, 4) is 22.9 Å². The van der Waals surface area contributed by atoms with E-state index in [-0.39, 0.29) is 24.4 Å². The van der Waals surface area contributed by atoms with Gasteiger partial charge in [0.05, 0.1) is 0 Å². The Morgan fingerprint density at radius 1 is 1.12 bits per heavy atom. The van der Waals surface area contributed by atoms with E-state index in [1.165, 1.54) is 17.8 Å². The average molecular weight is 480 g/mol. The number of hydrogen-bond donors (Lipinski definition) is 1. The fourth-order valence-electron chi connectivity index (χ4n) is 3.61. The summed E-state index contributed by atoms with van der Waals surface area (Å²) in [4.78, 5) is 47.0. The van der Waals surface area contributed by atoms with Crippen molar-refractivity contribution in [2.45, 2.75) is 13.1 Å². The molecular weight excluding hydrogens is 462 g/mol. The lowest BCUT2D eigenvalue weighted by atomic mass is 10.2. The van der Waals surface area contributed by atoms with Gasteiger partial charge in [-0.3, -0.25) is 18.7 Å². The molecule has 0 aliphatic carbocycles. The topological polar surface area (TPSA) is 117 Å². The highest BCUT2D eigenvalue weighted by Gasteiger charge is 2.17. The standard InChI is InChI=1S/C23H18ClN5O5/c1-28-21-16(10-26-20(27-21)14-3-5-15(24)6-4-14)22(31)29(23(28)32)11-19(30)25-9-13-2-7-17-18(8-13)34-12-33-17/h2-8,10H,9,11-12H2,1H3,(H,25,30). The first kappa shape index (κ1) is 21.7. The van der Waals surface area contributed by atoms with Crippen molar-refractivity contribution in [1.82, 2.24) is 24.4 Å². The first-order valence-electron chi connectivity index (χ1n) is 10.3. The first-order chi connectivity index (χ1) is 16.4. The van der Waals surface area contributed by atoms with Gasteiger partial charge in [0.25, 0.3) is 5.56 Å². The van der Waals surface area contributed by atoms with Crippen LogP contribution in [0.5, 0.6) is 11.5 Å². The number of carbonyl (C=O) groups is 1. The molecule has 1 N–H and O–H groups in total. The number of halogens is 1. The summed E-state index contributed by atoms with van der Waals surface area (Å²) in [7, 11) is 1.49. The number of rotatable bonds is 5. The quantitative estimate of drug-likeness (QED) is 0.464. The molecule has 11 heteroatoms. The normalized spacial score (nSPS) is 12.2. The molecule has 3 heterocycles. The number of amides is 1. The molecule has 10 nitrogen and oxygen atoms in total. The second-order valence-electron chi connectivity index (χ2n) is 7.64. The van der Waals surface area contributed by atoms with Crippen LogP contribution in [0.2, 0.25) is 5.02 Å². The highest BCUT2D eigenvalue weighted by Crippen LogP contribution is 2.32. The van der Waals surface area contributed by atoms with Gasteiger partial charge in [-0.25, -0.2) is 14.8 Å². The molecule has 34 heavy (non-hydrogen) atoms. The summed E-state index contributed by atoms with van der Waals surface area (Å²) < 4.78 is 12.7. The monoisotopic (exact) mass is 479 g/mol. The lowest BCUT2D eigenvalue weighted by Crippen LogP contribution is -2.43. The second kappa shape index (κ2) is 8.64. The maximum atomic E-state index is 13.0. The minimum absolute atomic E-state index is 0.128. The van der Waals surface area contributed by atoms with Crippen molar-refractivity contribution in [3.05, 3.63) is 80.1 Å². The molecule has 0 fully saturated rings. The number of hydrogen-bond acceptors (Lipinski definition) is 7. The third-order valence-corrected chi connectivity index (χ3v) is 5.66. The molecule has 5 rings (SSSR count). The Hall–Kier alpha value is -4.18. The fourth-order valence-corrected chi connectivity index (χ4v) is 3.74. The van der Waals surface area contributed by atoms with E-state index in [0.29, 0.717) is 27.9 Å². The van der Waals surface area contributed by atoms with Crippen LogP contribution in [0.25, 0.3) is 22.4 Å². The zero-order chi connectivity index (χ0) is 23.8. The summed E-state index contributed by atoms with van der Waals surface area (Å²) in [5, 5.41) is 3.40. The van der Waals surface area contributed by atoms with E-state index in [9.17, 15) is 14.4 Å². The summed E-state index contributed by atoms with van der Waals surface area (Å²) in [6.45, 7) is -0.0825. The van der Waals surface area contributed by atoms with Crippen molar-refractivity contribution in [1.29, 1.82) is 0 Å². The SMILES string of the molecule is Cn1c(=O)n(CC(=O)NCc2ccc3c(c2)OCO3)c(=O)c2cnc(-c3ccc(Cl)cc3)nc21. The van der Waals surface area contributed by atoms with Gasteiger partial charge in [-0.1, -0.05) is 17.7 Å². The number of fused-ring (bicyclic) bond motifs is 2. The van der Waals surface area contributed by atoms with E-state index in [1.54, 1.807) is 42.5 Å². The van der Waals surface area contributed by atoms with Crippen molar-refractivity contribution >= 4 is 28.5 Å². The second-order valence-corrected chi connectivity index (χ2v) is 8.07. The van der Waals surface area contributed by atoms with Gasteiger partial charge in [0.15, 0.2) is 23.0 Å². The van der Waals surface area contributed by atoms with Gasteiger partial charge in [0.2, 0.25) is 12.7 Å². The van der Waals surface area contributed by atoms with Crippen LogP contribution in [-0.2, 0) is 24.9 Å². The number of benzene rings is 2. The van der Waals surface area contributed by atoms with Gasteiger partial charge in [-0.05, 0) is 42.0 Å². The first-order valence-corrected chi connectivity index (χ1v) is 10.7. The van der Waals surface area contributed by atoms with Crippen LogP contribution in [0, 0.1) is 0 Å². The van der Waals surface area contributed by atoms with Gasteiger partial charge in [0, 0.05) is 30.4 Å². The average Bonchev–Trinajstić information content (AvgIpc) is 3.32. The fraction of sp³-hybridized carbons (Fsp3) is 0.174. The van der Waals surface area contributed by atoms with Crippen LogP contribution in [0.1, 0.15) is 5.56 Å². The predicted octanol–water partition coefficient (Wildman–Crippen LogP) is 1.86. The Balaban J connectivity index is 1.39. The molecule has 0 saturated heterocycles. The van der Waals surface area contributed by atoms with Crippen LogP contribution in [0.3, 0.4) is 0 Å². The summed E-state index contributed by atoms with van der Waals surface area (Å²) in [5.74, 6) is 1.10. The largest absolute Gasteiger partial charge is 0.454 e. The molecule has 4 aromatic rings. The minimum atomic E-state index is -0.656. The zero-order valence-corrected chi connectivity index (χ0v) is 18.7. The van der Waals surface area contributed by atoms with Gasteiger partial charge < -0.3 is 14.8 Å². The maximum absolute atomic E-state index is 13.0. The number of aryl methyl sites for hydroxylation is 1. The molecular formula is C23H18ClN5O5. The van der Waals surface area contributed by atoms with E-state index in [2.05, 4.69) is 15.3 Å². The Labute approximate surface area is 197 Å². The van der Waals surface area contributed by atoms with Crippen LogP contribution in [0.4, 0.5) is 0 Å². The van der Waals surface area contributed by atoms with Crippen LogP contribution >= 0.6 is 11.6 Å². The minimum Gasteiger partial charge on any atom is -0.454 e. The molecule has 0 saturated carbocycles. The molecule has 2 aromatic heterocycles. The molecule has 0 spiro atoms. The number of nitrogens with one attached hydrogen (secondary N) is 1. The molecule has 0 bridgehead atoms. The van der Waals surface area contributed by atoms with Crippen molar-refractivity contribution in [3.63, 3.8) is 0 Å². The Kier molecular flexibility index (Phi) is 5.50. The molecule has 0 unspecified atom stereocenters. The summed E-state index contributed by atoms with van der Waals surface area (Å²) in [6.07, 6.45) is 1.36. The third kappa shape index (κ3) is 3.99. The summed E-state index contributed by atoms with van der Waals surface area (Å²) in [6, 6.07) is 12.2. The van der Waals surface area contributed by atoms with Crippen molar-refractivity contribution in [2.24, 2.45) is 7.05 Å². The van der Waals surface area contributed by atoms with E-state index in [0.717, 1.165) is 10.1 Å². The van der Waals surface area contributed by atoms with Gasteiger partial charge in [0.1, 0.15) is 11.9 Å². The molecule has 2 aromatic carbocycles. The van der Waals surface area contributed by atoms with Gasteiger partial charge >= 0.3 is 5.69 Å². The molecule has 1 amide bonds. The summed E-state index contributed by atoms with van der Waals surface area (Å²) >= 11 is 5.93. The molecule has 0 atom stereocenters. The molecule has 1 aliphatic rings. The highest BCUT2D eigenvalue weighted by molar-refractivity contribution is 6.30. The lowest BCUT2D eigenvalue weighted by molar-refractivity contribution is -0.121. The van der Waals surface area contributed by atoms with Gasteiger partial charge in [-0.15, -0.1) is 0 Å². The maximum Gasteiger partial charge on any atom is 0.332 e. The Morgan fingerprint density at radius 3 is 2.68 bits per heavy atom. The van der Waals surface area contributed by atoms with Crippen molar-refractivity contribution in [2.75, 3.05) is 6.79 Å². The molecule has 0 radical (unpaired) electrons. The Bertz CT molecular complexity index is 1540. The number of ether oxygens (including phenoxy) is 2. The number of aromatic nitrogens is 4. The van der Waals surface area contributed by atoms with Crippen LogP contribution in [0.15, 0.2) is 58.3 Å². The van der Waals surface area contributed by atoms with E-state index in [4.69, 9.17) is 21.1 Å². The smallest absolute Gasteiger partial charge is 0.332 e. The van der Waals surface area contributed by atoms with Crippen LogP contribution in [-0.4, -0.2) is 31.8 Å². The number of nitrogens with zero attached hydrogens (tertiary/aromatic N) is 4. The van der Waals surface area contributed by atoms with Gasteiger partial charge in [-0.2, -0.15) is 0 Å². The number of carbonyl (C=O) groups excluding carboxylic acids is 1. The summed E-state index contributed by atoms with van der Waals surface area (Å²) in [5.41, 5.74) is 0.354. The Morgan fingerprint density at radius 2 is 1.88 bits per heavy atom. The third-order valence-electron chi connectivity index (χ3n) is 5.41. The van der Waals surface area contributed by atoms with Crippen LogP contribution < -0.4 is 26.0 Å².